The molecule has 0 unspecified atom stereocenters. The smallest absolute Gasteiger partial charge is 0.238 e. The number of rotatable bonds is 3. The van der Waals surface area contributed by atoms with Gasteiger partial charge in [-0.05, 0) is 25.1 Å². The van der Waals surface area contributed by atoms with E-state index in [1.807, 2.05) is 49.0 Å². The number of hydrogen-bond donors (Lipinski definition) is 1. The average Bonchev–Trinajstić information content (AvgIpc) is 3.32. The molecule has 0 bridgehead atoms. The fraction of sp³-hybridized carbons (Fsp3) is 0.150. The van der Waals surface area contributed by atoms with Crippen LogP contribution in [-0.4, -0.2) is 41.6 Å². The van der Waals surface area contributed by atoms with Gasteiger partial charge in [0.1, 0.15) is 22.4 Å². The minimum Gasteiger partial charge on any atom is -0.479 e. The molecule has 0 fully saturated rings. The number of aryl methyl sites for hydroxylation is 2. The number of ether oxygens (including phenoxy) is 1. The van der Waals surface area contributed by atoms with Crippen molar-refractivity contribution in [2.45, 2.75) is 6.92 Å². The van der Waals surface area contributed by atoms with Crippen LogP contribution in [0.4, 0.5) is 0 Å². The van der Waals surface area contributed by atoms with Gasteiger partial charge in [0, 0.05) is 36.1 Å². The van der Waals surface area contributed by atoms with Gasteiger partial charge in [0.15, 0.2) is 11.5 Å². The molecule has 8 heteroatoms. The summed E-state index contributed by atoms with van der Waals surface area (Å²) in [4.78, 5) is 25.9. The quantitative estimate of drug-likeness (QED) is 0.523. The lowest BCUT2D eigenvalue weighted by atomic mass is 10.1. The van der Waals surface area contributed by atoms with E-state index in [0.29, 0.717) is 22.9 Å². The Bertz CT molecular complexity index is 1340. The first-order valence-electron chi connectivity index (χ1n) is 8.79. The first-order valence-corrected chi connectivity index (χ1v) is 8.79. The average molecular weight is 371 g/mol. The Kier molecular flexibility index (Phi) is 3.58. The lowest BCUT2D eigenvalue weighted by Crippen LogP contribution is -1.97. The van der Waals surface area contributed by atoms with E-state index in [4.69, 9.17) is 9.72 Å². The van der Waals surface area contributed by atoms with Crippen LogP contribution < -0.4 is 4.74 Å². The second kappa shape index (κ2) is 6.12. The van der Waals surface area contributed by atoms with Gasteiger partial charge in [0.05, 0.1) is 13.4 Å². The molecule has 5 aromatic rings. The molecule has 0 amide bonds. The van der Waals surface area contributed by atoms with Crippen LogP contribution in [0.1, 0.15) is 5.69 Å². The van der Waals surface area contributed by atoms with Gasteiger partial charge in [-0.2, -0.15) is 0 Å². The van der Waals surface area contributed by atoms with Crippen molar-refractivity contribution in [3.8, 4) is 28.7 Å². The highest BCUT2D eigenvalue weighted by atomic mass is 16.5. The van der Waals surface area contributed by atoms with Gasteiger partial charge >= 0.3 is 0 Å². The molecule has 5 aromatic heterocycles. The number of fused-ring (bicyclic) bond motifs is 2. The summed E-state index contributed by atoms with van der Waals surface area (Å²) in [6, 6.07) is 7.76. The highest BCUT2D eigenvalue weighted by molar-refractivity contribution is 6.02. The predicted octanol–water partition coefficient (Wildman–Crippen LogP) is 3.29. The zero-order valence-corrected chi connectivity index (χ0v) is 15.6. The zero-order chi connectivity index (χ0) is 19.3. The van der Waals surface area contributed by atoms with Crippen LogP contribution in [0, 0.1) is 6.92 Å². The van der Waals surface area contributed by atoms with Gasteiger partial charge in [-0.3, -0.25) is 0 Å². The van der Waals surface area contributed by atoms with Gasteiger partial charge in [-0.25, -0.2) is 24.9 Å². The van der Waals surface area contributed by atoms with Crippen molar-refractivity contribution in [2.75, 3.05) is 7.11 Å². The van der Waals surface area contributed by atoms with Crippen molar-refractivity contribution in [1.29, 1.82) is 0 Å². The number of nitrogens with one attached hydrogen (secondary N) is 1. The lowest BCUT2D eigenvalue weighted by Gasteiger charge is -2.06. The number of imidazole rings is 1. The lowest BCUT2D eigenvalue weighted by molar-refractivity contribution is 0.401. The van der Waals surface area contributed by atoms with Crippen molar-refractivity contribution in [1.82, 2.24) is 34.5 Å². The molecule has 5 heterocycles. The third-order valence-corrected chi connectivity index (χ3v) is 4.70. The molecule has 0 aliphatic rings. The third kappa shape index (κ3) is 2.42. The van der Waals surface area contributed by atoms with Crippen LogP contribution in [0.2, 0.25) is 0 Å². The molecule has 0 radical (unpaired) electrons. The maximum Gasteiger partial charge on any atom is 0.238 e. The first-order chi connectivity index (χ1) is 13.7. The van der Waals surface area contributed by atoms with Crippen molar-refractivity contribution in [2.24, 2.45) is 7.05 Å². The molecule has 0 aliphatic carbocycles. The number of nitrogens with zero attached hydrogens (tertiary/aromatic N) is 6. The number of aromatic nitrogens is 7. The largest absolute Gasteiger partial charge is 0.479 e. The normalized spacial score (nSPS) is 11.4. The van der Waals surface area contributed by atoms with E-state index >= 15 is 0 Å². The summed E-state index contributed by atoms with van der Waals surface area (Å²) in [5.41, 5.74) is 5.58. The molecule has 0 saturated carbocycles. The van der Waals surface area contributed by atoms with Crippen molar-refractivity contribution >= 4 is 22.1 Å². The monoisotopic (exact) mass is 371 g/mol. The Balaban J connectivity index is 1.82. The molecular weight excluding hydrogens is 354 g/mol. The summed E-state index contributed by atoms with van der Waals surface area (Å²) in [7, 11) is 3.58. The maximum absolute atomic E-state index is 5.44. The zero-order valence-electron chi connectivity index (χ0n) is 15.6. The highest BCUT2D eigenvalue weighted by Crippen LogP contribution is 2.35. The molecule has 0 aliphatic heterocycles. The maximum atomic E-state index is 5.44. The topological polar surface area (TPSA) is 94.4 Å². The van der Waals surface area contributed by atoms with Crippen molar-refractivity contribution < 1.29 is 4.74 Å². The van der Waals surface area contributed by atoms with Gasteiger partial charge in [-0.15, -0.1) is 0 Å². The Morgan fingerprint density at radius 2 is 1.96 bits per heavy atom. The Hall–Kier alpha value is -3.81. The van der Waals surface area contributed by atoms with Gasteiger partial charge < -0.3 is 14.3 Å². The second-order valence-corrected chi connectivity index (χ2v) is 6.53. The standard InChI is InChI=1S/C20H17N7O/c1-11-5-4-6-14(24-11)18-25-15(16-19(26-18)23-10-22-16)13-9-27(2)17-12(13)7-8-21-20(17)28-3/h4-10H,1-3H3,(H,22,23,25,26). The Morgan fingerprint density at radius 3 is 2.79 bits per heavy atom. The molecule has 5 rings (SSSR count). The van der Waals surface area contributed by atoms with Crippen molar-refractivity contribution in [3.05, 3.63) is 48.7 Å². The number of pyridine rings is 2. The Labute approximate surface area is 160 Å². The van der Waals surface area contributed by atoms with Gasteiger partial charge in [0.2, 0.25) is 5.88 Å². The van der Waals surface area contributed by atoms with E-state index in [0.717, 1.165) is 33.5 Å². The Morgan fingerprint density at radius 1 is 1.07 bits per heavy atom. The molecule has 138 valence electrons. The molecule has 0 saturated heterocycles. The molecule has 1 N–H and O–H groups in total. The SMILES string of the molecule is COc1nccc2c(-c3nc(-c4cccc(C)n4)nc4[nH]cnc34)cn(C)c12. The minimum absolute atomic E-state index is 0.550. The number of aromatic amines is 1. The van der Waals surface area contributed by atoms with Crippen LogP contribution in [0.15, 0.2) is 43.0 Å². The van der Waals surface area contributed by atoms with E-state index < -0.39 is 0 Å². The molecule has 0 spiro atoms. The van der Waals surface area contributed by atoms with E-state index in [1.165, 1.54) is 0 Å². The van der Waals surface area contributed by atoms with Gasteiger partial charge in [0.25, 0.3) is 0 Å². The summed E-state index contributed by atoms with van der Waals surface area (Å²) < 4.78 is 7.43. The summed E-state index contributed by atoms with van der Waals surface area (Å²) in [6.45, 7) is 1.95. The fourth-order valence-corrected chi connectivity index (χ4v) is 3.46. The van der Waals surface area contributed by atoms with E-state index in [1.54, 1.807) is 19.6 Å². The fourth-order valence-electron chi connectivity index (χ4n) is 3.46. The number of methoxy groups -OCH3 is 1. The molecule has 0 atom stereocenters. The minimum atomic E-state index is 0.550. The molecule has 28 heavy (non-hydrogen) atoms. The van der Waals surface area contributed by atoms with Crippen LogP contribution in [0.3, 0.4) is 0 Å². The summed E-state index contributed by atoms with van der Waals surface area (Å²) in [6.07, 6.45) is 5.37. The van der Waals surface area contributed by atoms with Gasteiger partial charge in [-0.1, -0.05) is 6.07 Å². The third-order valence-electron chi connectivity index (χ3n) is 4.70. The second-order valence-electron chi connectivity index (χ2n) is 6.53. The van der Waals surface area contributed by atoms with E-state index in [2.05, 4.69) is 24.9 Å². The first kappa shape index (κ1) is 16.4. The molecule has 0 aromatic carbocycles. The molecule has 8 nitrogen and oxygen atoms in total. The van der Waals surface area contributed by atoms with E-state index in [-0.39, 0.29) is 0 Å². The van der Waals surface area contributed by atoms with Crippen LogP contribution in [-0.2, 0) is 7.05 Å². The predicted molar refractivity (Wildman–Crippen MR) is 106 cm³/mol. The highest BCUT2D eigenvalue weighted by Gasteiger charge is 2.19. The number of H-pyrrole nitrogens is 1. The number of hydrogen-bond acceptors (Lipinski definition) is 6. The summed E-state index contributed by atoms with van der Waals surface area (Å²) >= 11 is 0. The molecular formula is C20H17N7O. The van der Waals surface area contributed by atoms with E-state index in [9.17, 15) is 0 Å². The van der Waals surface area contributed by atoms with Crippen LogP contribution >= 0.6 is 0 Å². The summed E-state index contributed by atoms with van der Waals surface area (Å²) in [5.74, 6) is 1.12. The van der Waals surface area contributed by atoms with Crippen LogP contribution in [0.25, 0.3) is 44.8 Å². The van der Waals surface area contributed by atoms with Crippen molar-refractivity contribution in [3.63, 3.8) is 0 Å². The van der Waals surface area contributed by atoms with Crippen LogP contribution in [0.5, 0.6) is 5.88 Å². The summed E-state index contributed by atoms with van der Waals surface area (Å²) in [5, 5.41) is 0.987.